The summed E-state index contributed by atoms with van der Waals surface area (Å²) in [5.74, 6) is 0. The molecule has 0 N–H and O–H groups in total. The second-order valence-corrected chi connectivity index (χ2v) is 14.0. The highest BCUT2D eigenvalue weighted by molar-refractivity contribution is 6.99. The molecule has 0 radical (unpaired) electrons. The molecule has 2 aromatic carbocycles. The third-order valence-corrected chi connectivity index (χ3v) is 11.8. The average molecular weight is 439 g/mol. The zero-order valence-corrected chi connectivity index (χ0v) is 19.6. The fourth-order valence-electron chi connectivity index (χ4n) is 4.94. The molecule has 2 heterocycles. The molecule has 0 aromatic heterocycles. The topological polar surface area (TPSA) is 45.5 Å². The Kier molecular flexibility index (Phi) is 6.06. The Bertz CT molecular complexity index is 883. The van der Waals surface area contributed by atoms with Crippen molar-refractivity contribution in [1.82, 2.24) is 4.90 Å². The van der Waals surface area contributed by atoms with E-state index in [0.29, 0.717) is 26.2 Å². The first kappa shape index (κ1) is 22.2. The van der Waals surface area contributed by atoms with Crippen molar-refractivity contribution in [2.45, 2.75) is 50.0 Å². The van der Waals surface area contributed by atoms with Crippen molar-refractivity contribution in [3.63, 3.8) is 0 Å². The molecular weight excluding hydrogens is 407 g/mol. The van der Waals surface area contributed by atoms with Crippen LogP contribution in [0.25, 0.3) is 0 Å². The van der Waals surface area contributed by atoms with Crippen molar-refractivity contribution in [2.75, 3.05) is 26.3 Å². The van der Waals surface area contributed by atoms with E-state index in [1.54, 1.807) is 0 Å². The van der Waals surface area contributed by atoms with E-state index >= 15 is 4.39 Å². The van der Waals surface area contributed by atoms with Crippen LogP contribution < -0.4 is 10.4 Å². The van der Waals surface area contributed by atoms with Crippen LogP contribution in [0.4, 0.5) is 4.39 Å². The molecule has 0 bridgehead atoms. The highest BCUT2D eigenvalue weighted by Crippen LogP contribution is 2.39. The van der Waals surface area contributed by atoms with Crippen LogP contribution in [0.3, 0.4) is 0 Å². The third kappa shape index (κ3) is 3.85. The number of ether oxygens (including phenoxy) is 1. The molecule has 2 fully saturated rings. The smallest absolute Gasteiger partial charge is 0.261 e. The number of nitrogens with zero attached hydrogens (tertiary/aromatic N) is 2. The maximum atomic E-state index is 15.6. The molecule has 0 spiro atoms. The van der Waals surface area contributed by atoms with Gasteiger partial charge in [-0.2, -0.15) is 5.26 Å². The van der Waals surface area contributed by atoms with Crippen LogP contribution in [0, 0.1) is 11.3 Å². The molecular formula is C25H31FN2O2Si. The Labute approximate surface area is 185 Å². The summed E-state index contributed by atoms with van der Waals surface area (Å²) in [4.78, 5) is 1.95. The van der Waals surface area contributed by atoms with Crippen molar-refractivity contribution >= 4 is 18.7 Å². The van der Waals surface area contributed by atoms with E-state index in [9.17, 15) is 5.26 Å². The lowest BCUT2D eigenvalue weighted by molar-refractivity contribution is -0.131. The lowest BCUT2D eigenvalue weighted by atomic mass is 9.93. The number of nitriles is 1. The van der Waals surface area contributed by atoms with Gasteiger partial charge in [-0.1, -0.05) is 81.4 Å². The van der Waals surface area contributed by atoms with Gasteiger partial charge in [0.1, 0.15) is 6.17 Å². The molecule has 2 aromatic rings. The Morgan fingerprint density at radius 2 is 1.61 bits per heavy atom. The number of hydrogen-bond donors (Lipinski definition) is 0. The normalized spacial score (nSPS) is 24.2. The van der Waals surface area contributed by atoms with E-state index in [4.69, 9.17) is 9.16 Å². The van der Waals surface area contributed by atoms with E-state index in [0.717, 1.165) is 10.4 Å². The van der Waals surface area contributed by atoms with Gasteiger partial charge in [-0.3, -0.25) is 4.90 Å². The van der Waals surface area contributed by atoms with Gasteiger partial charge in [0.2, 0.25) is 0 Å². The molecule has 2 unspecified atom stereocenters. The summed E-state index contributed by atoms with van der Waals surface area (Å²) in [7, 11) is -2.80. The zero-order valence-electron chi connectivity index (χ0n) is 18.6. The minimum atomic E-state index is -2.80. The van der Waals surface area contributed by atoms with Gasteiger partial charge in [0.15, 0.2) is 5.54 Å². The Balaban J connectivity index is 1.68. The van der Waals surface area contributed by atoms with Crippen molar-refractivity contribution in [3.8, 4) is 6.07 Å². The van der Waals surface area contributed by atoms with Gasteiger partial charge < -0.3 is 9.16 Å². The second-order valence-electron chi connectivity index (χ2n) is 9.71. The number of rotatable bonds is 5. The van der Waals surface area contributed by atoms with Crippen molar-refractivity contribution in [3.05, 3.63) is 60.7 Å². The van der Waals surface area contributed by atoms with E-state index < -0.39 is 26.1 Å². The van der Waals surface area contributed by atoms with Gasteiger partial charge in [0, 0.05) is 13.1 Å². The molecule has 0 aliphatic carbocycles. The lowest BCUT2D eigenvalue weighted by Crippen LogP contribution is -2.70. The van der Waals surface area contributed by atoms with E-state index in [-0.39, 0.29) is 11.6 Å². The first-order valence-electron chi connectivity index (χ1n) is 11.0. The predicted molar refractivity (Wildman–Crippen MR) is 123 cm³/mol. The van der Waals surface area contributed by atoms with Gasteiger partial charge in [-0.05, 0) is 21.8 Å². The first-order valence-corrected chi connectivity index (χ1v) is 12.9. The van der Waals surface area contributed by atoms with E-state index in [1.807, 2.05) is 41.3 Å². The first-order chi connectivity index (χ1) is 14.8. The molecule has 31 heavy (non-hydrogen) atoms. The van der Waals surface area contributed by atoms with Crippen molar-refractivity contribution in [2.24, 2.45) is 0 Å². The Morgan fingerprint density at radius 1 is 1.06 bits per heavy atom. The summed E-state index contributed by atoms with van der Waals surface area (Å²) >= 11 is 0. The van der Waals surface area contributed by atoms with E-state index in [1.165, 1.54) is 0 Å². The number of alkyl halides is 1. The van der Waals surface area contributed by atoms with Gasteiger partial charge in [-0.25, -0.2) is 4.39 Å². The molecule has 2 aliphatic rings. The summed E-state index contributed by atoms with van der Waals surface area (Å²) in [5, 5.41) is 11.7. The van der Waals surface area contributed by atoms with Gasteiger partial charge in [-0.15, -0.1) is 0 Å². The number of benzene rings is 2. The summed E-state index contributed by atoms with van der Waals surface area (Å²) < 4.78 is 27.9. The number of hydrogen-bond acceptors (Lipinski definition) is 4. The van der Waals surface area contributed by atoms with Crippen LogP contribution >= 0.6 is 0 Å². The van der Waals surface area contributed by atoms with Crippen LogP contribution in [0.5, 0.6) is 0 Å². The lowest BCUT2D eigenvalue weighted by Gasteiger charge is -2.50. The van der Waals surface area contributed by atoms with Crippen LogP contribution in [0.2, 0.25) is 5.04 Å². The number of likely N-dealkylation sites (tertiary alicyclic amines) is 1. The van der Waals surface area contributed by atoms with Gasteiger partial charge in [0.05, 0.1) is 25.4 Å². The monoisotopic (exact) mass is 438 g/mol. The standard InChI is InChI=1S/C25H31FN2O2Si/c1-24(2,3)31(20-10-6-4-7-11-20,21-12-8-5-9-13-21)30-23-14-15-28(16-22(23)26)25(17-27)18-29-19-25/h4-13,22-23H,14-16,18-19H2,1-3H3. The number of piperidine rings is 1. The van der Waals surface area contributed by atoms with Gasteiger partial charge in [0.25, 0.3) is 8.32 Å². The predicted octanol–water partition coefficient (Wildman–Crippen LogP) is 3.27. The van der Waals surface area contributed by atoms with Crippen LogP contribution in [0.1, 0.15) is 27.2 Å². The molecule has 6 heteroatoms. The molecule has 2 aliphatic heterocycles. The summed E-state index contributed by atoms with van der Waals surface area (Å²) in [5.41, 5.74) is -0.674. The maximum Gasteiger partial charge on any atom is 0.261 e. The SMILES string of the molecule is CC(C)(C)[Si](OC1CCN(C2(C#N)COC2)CC1F)(c1ccccc1)c1ccccc1. The fraction of sp³-hybridized carbons (Fsp3) is 0.480. The van der Waals surface area contributed by atoms with Crippen molar-refractivity contribution in [1.29, 1.82) is 5.26 Å². The molecule has 2 atom stereocenters. The van der Waals surface area contributed by atoms with Crippen LogP contribution in [-0.2, 0) is 9.16 Å². The highest BCUT2D eigenvalue weighted by atomic mass is 28.4. The average Bonchev–Trinajstić information content (AvgIpc) is 2.73. The third-order valence-electron chi connectivity index (χ3n) is 6.72. The Hall–Kier alpha value is -2.04. The largest absolute Gasteiger partial charge is 0.401 e. The molecule has 0 amide bonds. The molecule has 0 saturated carbocycles. The van der Waals surface area contributed by atoms with Crippen LogP contribution in [0.15, 0.2) is 60.7 Å². The number of halogens is 1. The molecule has 4 rings (SSSR count). The second kappa shape index (κ2) is 8.48. The Morgan fingerprint density at radius 3 is 2.00 bits per heavy atom. The van der Waals surface area contributed by atoms with E-state index in [2.05, 4.69) is 51.1 Å². The van der Waals surface area contributed by atoms with Crippen LogP contribution in [-0.4, -0.2) is 57.3 Å². The highest BCUT2D eigenvalue weighted by Gasteiger charge is 2.54. The maximum absolute atomic E-state index is 15.6. The summed E-state index contributed by atoms with van der Waals surface area (Å²) in [6, 6.07) is 23.0. The van der Waals surface area contributed by atoms with Gasteiger partial charge >= 0.3 is 0 Å². The molecule has 4 nitrogen and oxygen atoms in total. The minimum absolute atomic E-state index is 0.192. The molecule has 164 valence electrons. The van der Waals surface area contributed by atoms with Crippen molar-refractivity contribution < 1.29 is 13.6 Å². The fourth-order valence-corrected chi connectivity index (χ4v) is 9.67. The minimum Gasteiger partial charge on any atom is -0.401 e. The molecule has 2 saturated heterocycles. The quantitative estimate of drug-likeness (QED) is 0.672. The zero-order chi connectivity index (χ0) is 22.1. The summed E-state index contributed by atoms with van der Waals surface area (Å²) in [6.07, 6.45) is -1.09. The summed E-state index contributed by atoms with van der Waals surface area (Å²) in [6.45, 7) is 8.18.